The van der Waals surface area contributed by atoms with E-state index in [2.05, 4.69) is 10.0 Å². The highest BCUT2D eigenvalue weighted by Gasteiger charge is 2.26. The van der Waals surface area contributed by atoms with Crippen LogP contribution in [0.5, 0.6) is 0 Å². The molecule has 11 heteroatoms. The molecular weight excluding hydrogens is 478 g/mol. The number of hydrogen-bond acceptors (Lipinski definition) is 6. The van der Waals surface area contributed by atoms with Crippen molar-refractivity contribution < 1.29 is 26.4 Å². The van der Waals surface area contributed by atoms with Crippen molar-refractivity contribution in [2.75, 3.05) is 32.8 Å². The number of hydrogen-bond donors (Lipinski definition) is 2. The summed E-state index contributed by atoms with van der Waals surface area (Å²) in [6, 6.07) is 13.0. The second-order valence-electron chi connectivity index (χ2n) is 7.98. The fraction of sp³-hybridized carbons (Fsp3) is 0.435. The minimum Gasteiger partial charge on any atom is -0.379 e. The van der Waals surface area contributed by atoms with Crippen LogP contribution in [-0.2, 0) is 42.5 Å². The molecule has 0 aliphatic carbocycles. The average Bonchev–Trinajstić information content (AvgIpc) is 2.86. The molecule has 2 aromatic rings. The predicted octanol–water partition coefficient (Wildman–Crippen LogP) is 1.64. The van der Waals surface area contributed by atoms with Crippen LogP contribution in [0.15, 0.2) is 58.3 Å². The third-order valence-corrected chi connectivity index (χ3v) is 8.83. The Morgan fingerprint density at radius 1 is 0.912 bits per heavy atom. The van der Waals surface area contributed by atoms with Crippen LogP contribution < -0.4 is 10.0 Å². The first kappa shape index (κ1) is 26.3. The van der Waals surface area contributed by atoms with Gasteiger partial charge in [0.2, 0.25) is 26.0 Å². The molecule has 1 fully saturated rings. The molecule has 0 unspecified atom stereocenters. The lowest BCUT2D eigenvalue weighted by molar-refractivity contribution is -0.121. The van der Waals surface area contributed by atoms with E-state index in [0.29, 0.717) is 45.7 Å². The van der Waals surface area contributed by atoms with E-state index in [1.165, 1.54) is 16.4 Å². The van der Waals surface area contributed by atoms with Gasteiger partial charge in [0.25, 0.3) is 0 Å². The predicted molar refractivity (Wildman–Crippen MR) is 128 cm³/mol. The summed E-state index contributed by atoms with van der Waals surface area (Å²) in [5.41, 5.74) is 1.66. The minimum atomic E-state index is -3.54. The highest BCUT2D eigenvalue weighted by Crippen LogP contribution is 2.18. The van der Waals surface area contributed by atoms with Crippen LogP contribution in [0.1, 0.15) is 30.9 Å². The molecule has 2 aromatic carbocycles. The van der Waals surface area contributed by atoms with Crippen molar-refractivity contribution in [3.05, 3.63) is 59.7 Å². The number of morpholine rings is 1. The van der Waals surface area contributed by atoms with E-state index in [-0.39, 0.29) is 28.7 Å². The highest BCUT2D eigenvalue weighted by atomic mass is 32.2. The first-order valence-electron chi connectivity index (χ1n) is 11.2. The maximum atomic E-state index is 12.7. The lowest BCUT2D eigenvalue weighted by atomic mass is 10.1. The third-order valence-electron chi connectivity index (χ3n) is 5.44. The number of aryl methyl sites for hydroxylation is 1. The van der Waals surface area contributed by atoms with E-state index in [0.717, 1.165) is 11.1 Å². The van der Waals surface area contributed by atoms with Crippen LogP contribution >= 0.6 is 0 Å². The number of carbonyl (C=O) groups excluding carboxylic acids is 1. The summed E-state index contributed by atoms with van der Waals surface area (Å²) in [5.74, 6) is -0.147. The maximum Gasteiger partial charge on any atom is 0.243 e. The summed E-state index contributed by atoms with van der Waals surface area (Å²) >= 11 is 0. The average molecular weight is 510 g/mol. The van der Waals surface area contributed by atoms with Crippen molar-refractivity contribution in [3.63, 3.8) is 0 Å². The molecule has 34 heavy (non-hydrogen) atoms. The van der Waals surface area contributed by atoms with Gasteiger partial charge >= 0.3 is 0 Å². The lowest BCUT2D eigenvalue weighted by Crippen LogP contribution is -2.40. The van der Waals surface area contributed by atoms with Crippen molar-refractivity contribution in [2.45, 2.75) is 42.5 Å². The van der Waals surface area contributed by atoms with Gasteiger partial charge in [0.05, 0.1) is 23.0 Å². The molecule has 0 spiro atoms. The summed E-state index contributed by atoms with van der Waals surface area (Å²) in [6.07, 6.45) is 1.44. The number of rotatable bonds is 11. The Morgan fingerprint density at radius 3 is 2.12 bits per heavy atom. The molecule has 0 saturated carbocycles. The zero-order valence-corrected chi connectivity index (χ0v) is 20.8. The largest absolute Gasteiger partial charge is 0.379 e. The molecule has 1 heterocycles. The molecule has 2 N–H and O–H groups in total. The molecule has 1 aliphatic rings. The summed E-state index contributed by atoms with van der Waals surface area (Å²) in [4.78, 5) is 12.7. The zero-order chi connectivity index (χ0) is 24.6. The molecular formula is C23H31N3O6S2. The van der Waals surface area contributed by atoms with E-state index in [1.54, 1.807) is 36.4 Å². The van der Waals surface area contributed by atoms with Gasteiger partial charge in [0.15, 0.2) is 0 Å². The van der Waals surface area contributed by atoms with Gasteiger partial charge in [-0.05, 0) is 48.2 Å². The highest BCUT2D eigenvalue weighted by molar-refractivity contribution is 7.89. The Bertz CT molecular complexity index is 1160. The molecule has 1 amide bonds. The monoisotopic (exact) mass is 509 g/mol. The fourth-order valence-corrected chi connectivity index (χ4v) is 5.96. The lowest BCUT2D eigenvalue weighted by Gasteiger charge is -2.26. The second-order valence-corrected chi connectivity index (χ2v) is 11.7. The molecule has 0 bridgehead atoms. The van der Waals surface area contributed by atoms with Gasteiger partial charge < -0.3 is 10.1 Å². The SMILES string of the molecule is CCCNS(=O)(=O)c1ccc(CCC(=O)NCc2ccc(S(=O)(=O)N3CCOCC3)cc2)cc1. The van der Waals surface area contributed by atoms with Gasteiger partial charge in [-0.15, -0.1) is 0 Å². The first-order chi connectivity index (χ1) is 16.2. The van der Waals surface area contributed by atoms with E-state index in [4.69, 9.17) is 4.74 Å². The number of benzene rings is 2. The van der Waals surface area contributed by atoms with Crippen LogP contribution in [0.4, 0.5) is 0 Å². The number of carbonyl (C=O) groups is 1. The van der Waals surface area contributed by atoms with E-state index in [1.807, 2.05) is 6.92 Å². The van der Waals surface area contributed by atoms with Crippen molar-refractivity contribution in [3.8, 4) is 0 Å². The van der Waals surface area contributed by atoms with E-state index >= 15 is 0 Å². The Balaban J connectivity index is 1.47. The Morgan fingerprint density at radius 2 is 1.50 bits per heavy atom. The summed E-state index contributed by atoms with van der Waals surface area (Å²) in [5, 5.41) is 2.83. The van der Waals surface area contributed by atoms with Crippen molar-refractivity contribution in [1.29, 1.82) is 0 Å². The van der Waals surface area contributed by atoms with Crippen LogP contribution in [0.25, 0.3) is 0 Å². The van der Waals surface area contributed by atoms with E-state index < -0.39 is 20.0 Å². The number of amides is 1. The van der Waals surface area contributed by atoms with Gasteiger partial charge in [-0.2, -0.15) is 4.31 Å². The third kappa shape index (κ3) is 7.09. The molecule has 0 radical (unpaired) electrons. The topological polar surface area (TPSA) is 122 Å². The number of nitrogens with one attached hydrogen (secondary N) is 2. The van der Waals surface area contributed by atoms with E-state index in [9.17, 15) is 21.6 Å². The minimum absolute atomic E-state index is 0.147. The maximum absolute atomic E-state index is 12.7. The molecule has 1 saturated heterocycles. The summed E-state index contributed by atoms with van der Waals surface area (Å²) in [7, 11) is -7.05. The summed E-state index contributed by atoms with van der Waals surface area (Å²) < 4.78 is 58.7. The Kier molecular flexibility index (Phi) is 9.20. The summed E-state index contributed by atoms with van der Waals surface area (Å²) in [6.45, 7) is 4.03. The molecule has 0 atom stereocenters. The first-order valence-corrected chi connectivity index (χ1v) is 14.2. The van der Waals surface area contributed by atoms with Gasteiger partial charge in [0.1, 0.15) is 0 Å². The molecule has 9 nitrogen and oxygen atoms in total. The van der Waals surface area contributed by atoms with Crippen LogP contribution in [0.3, 0.4) is 0 Å². The Hall–Kier alpha value is -2.31. The molecule has 186 valence electrons. The number of nitrogens with zero attached hydrogens (tertiary/aromatic N) is 1. The Labute approximate surface area is 201 Å². The zero-order valence-electron chi connectivity index (χ0n) is 19.2. The van der Waals surface area contributed by atoms with Gasteiger partial charge in [0, 0.05) is 32.6 Å². The van der Waals surface area contributed by atoms with Crippen molar-refractivity contribution in [1.82, 2.24) is 14.3 Å². The van der Waals surface area contributed by atoms with Gasteiger partial charge in [-0.25, -0.2) is 21.6 Å². The second kappa shape index (κ2) is 11.9. The molecule has 1 aliphatic heterocycles. The van der Waals surface area contributed by atoms with Gasteiger partial charge in [-0.1, -0.05) is 31.2 Å². The normalized spacial score (nSPS) is 15.2. The van der Waals surface area contributed by atoms with Crippen molar-refractivity contribution >= 4 is 26.0 Å². The quantitative estimate of drug-likeness (QED) is 0.475. The van der Waals surface area contributed by atoms with Crippen LogP contribution in [0.2, 0.25) is 0 Å². The smallest absolute Gasteiger partial charge is 0.243 e. The van der Waals surface area contributed by atoms with Crippen molar-refractivity contribution in [2.24, 2.45) is 0 Å². The standard InChI is InChI=1S/C23H31N3O6S2/c1-2-13-25-33(28,29)21-8-3-19(4-9-21)7-12-23(27)24-18-20-5-10-22(11-6-20)34(30,31)26-14-16-32-17-15-26/h3-6,8-11,25H,2,7,12-18H2,1H3,(H,24,27). The molecule has 0 aromatic heterocycles. The number of sulfonamides is 2. The molecule has 3 rings (SSSR count). The fourth-order valence-electron chi connectivity index (χ4n) is 3.42. The van der Waals surface area contributed by atoms with Crippen LogP contribution in [-0.4, -0.2) is 59.9 Å². The van der Waals surface area contributed by atoms with Crippen LogP contribution in [0, 0.1) is 0 Å². The number of ether oxygens (including phenoxy) is 1. The van der Waals surface area contributed by atoms with Gasteiger partial charge in [-0.3, -0.25) is 4.79 Å².